The molecule has 0 fully saturated rings. The molecule has 24 heavy (non-hydrogen) atoms. The quantitative estimate of drug-likeness (QED) is 0.296. The average Bonchev–Trinajstić information content (AvgIpc) is 2.56. The average molecular weight is 341 g/mol. The smallest absolute Gasteiger partial charge is 0.310 e. The molecule has 0 radical (unpaired) electrons. The molecule has 2 unspecified atom stereocenters. The van der Waals surface area contributed by atoms with Crippen LogP contribution in [0.4, 0.5) is 0 Å². The molecule has 0 aromatic heterocycles. The van der Waals surface area contributed by atoms with Gasteiger partial charge in [-0.2, -0.15) is 0 Å². The van der Waals surface area contributed by atoms with Crippen molar-refractivity contribution in [1.29, 1.82) is 0 Å². The van der Waals surface area contributed by atoms with E-state index in [0.29, 0.717) is 0 Å². The van der Waals surface area contributed by atoms with E-state index in [2.05, 4.69) is 34.6 Å². The Kier molecular flexibility index (Phi) is 13.4. The summed E-state index contributed by atoms with van der Waals surface area (Å²) in [6.45, 7) is 11.0. The first-order valence-electron chi connectivity index (χ1n) is 10.7. The summed E-state index contributed by atoms with van der Waals surface area (Å²) in [6, 6.07) is 0. The van der Waals surface area contributed by atoms with Crippen LogP contribution >= 0.6 is 0 Å². The van der Waals surface area contributed by atoms with Crippen LogP contribution in [0.25, 0.3) is 0 Å². The van der Waals surface area contributed by atoms with Crippen LogP contribution in [-0.4, -0.2) is 11.1 Å². The van der Waals surface area contributed by atoms with Crippen LogP contribution in [0.5, 0.6) is 0 Å². The number of carboxylic acid groups (broad SMARTS) is 1. The molecule has 0 rings (SSSR count). The van der Waals surface area contributed by atoms with Gasteiger partial charge in [-0.1, -0.05) is 98.8 Å². The van der Waals surface area contributed by atoms with Crippen LogP contribution in [0.15, 0.2) is 0 Å². The van der Waals surface area contributed by atoms with Crippen molar-refractivity contribution in [2.45, 2.75) is 118 Å². The summed E-state index contributed by atoms with van der Waals surface area (Å²) in [5, 5.41) is 10.2. The molecule has 0 bridgehead atoms. The number of unbranched alkanes of at least 4 members (excludes halogenated alkanes) is 7. The van der Waals surface area contributed by atoms with Crippen molar-refractivity contribution >= 4 is 5.97 Å². The van der Waals surface area contributed by atoms with Crippen LogP contribution in [0.3, 0.4) is 0 Å². The Morgan fingerprint density at radius 1 is 0.750 bits per heavy atom. The summed E-state index contributed by atoms with van der Waals surface area (Å²) in [4.78, 5) is 12.4. The van der Waals surface area contributed by atoms with Gasteiger partial charge >= 0.3 is 5.97 Å². The summed E-state index contributed by atoms with van der Waals surface area (Å²) >= 11 is 0. The lowest BCUT2D eigenvalue weighted by Crippen LogP contribution is -2.43. The molecule has 2 atom stereocenters. The van der Waals surface area contributed by atoms with Crippen molar-refractivity contribution in [3.8, 4) is 0 Å². The lowest BCUT2D eigenvalue weighted by Gasteiger charge is -2.41. The zero-order valence-electron chi connectivity index (χ0n) is 17.2. The number of hydrogen-bond acceptors (Lipinski definition) is 1. The third-order valence-corrected chi connectivity index (χ3v) is 6.08. The second kappa shape index (κ2) is 13.7. The first kappa shape index (κ1) is 23.5. The molecule has 0 saturated carbocycles. The molecule has 0 saturated heterocycles. The van der Waals surface area contributed by atoms with E-state index in [0.717, 1.165) is 51.4 Å². The first-order valence-corrected chi connectivity index (χ1v) is 10.7. The van der Waals surface area contributed by atoms with Gasteiger partial charge in [-0.15, -0.1) is 0 Å². The Morgan fingerprint density at radius 3 is 1.58 bits per heavy atom. The SMILES string of the molecule is CCCCCCCCC(C(=O)O)(C(C)CCCC)C(C)CCCC. The standard InChI is InChI=1S/C22H44O2/c1-6-9-12-13-14-15-18-22(21(23)24,19(4)16-10-7-2)20(5)17-11-8-3/h19-20H,6-18H2,1-5H3,(H,23,24). The monoisotopic (exact) mass is 340 g/mol. The molecule has 0 amide bonds. The number of carbonyl (C=O) groups is 1. The van der Waals surface area contributed by atoms with E-state index in [1.807, 2.05) is 0 Å². The predicted molar refractivity (Wildman–Crippen MR) is 105 cm³/mol. The molecular weight excluding hydrogens is 296 g/mol. The summed E-state index contributed by atoms with van der Waals surface area (Å²) in [6.07, 6.45) is 15.0. The van der Waals surface area contributed by atoms with E-state index >= 15 is 0 Å². The molecule has 2 heteroatoms. The predicted octanol–water partition coefficient (Wildman–Crippen LogP) is 7.46. The lowest BCUT2D eigenvalue weighted by atomic mass is 9.62. The van der Waals surface area contributed by atoms with Gasteiger partial charge in [0.1, 0.15) is 0 Å². The molecule has 0 aliphatic heterocycles. The van der Waals surface area contributed by atoms with Crippen molar-refractivity contribution in [1.82, 2.24) is 0 Å². The first-order chi connectivity index (χ1) is 11.5. The van der Waals surface area contributed by atoms with E-state index in [4.69, 9.17) is 0 Å². The van der Waals surface area contributed by atoms with Crippen molar-refractivity contribution in [2.24, 2.45) is 17.3 Å². The minimum atomic E-state index is -0.539. The van der Waals surface area contributed by atoms with Crippen molar-refractivity contribution in [3.05, 3.63) is 0 Å². The highest BCUT2D eigenvalue weighted by Gasteiger charge is 2.46. The van der Waals surface area contributed by atoms with Gasteiger partial charge in [0.25, 0.3) is 0 Å². The highest BCUT2D eigenvalue weighted by atomic mass is 16.4. The molecule has 0 aromatic carbocycles. The van der Waals surface area contributed by atoms with Gasteiger partial charge in [0.05, 0.1) is 5.41 Å². The van der Waals surface area contributed by atoms with Crippen LogP contribution in [0.1, 0.15) is 118 Å². The molecule has 0 heterocycles. The van der Waals surface area contributed by atoms with Crippen molar-refractivity contribution in [2.75, 3.05) is 0 Å². The van der Waals surface area contributed by atoms with Gasteiger partial charge in [-0.25, -0.2) is 0 Å². The van der Waals surface area contributed by atoms with E-state index < -0.39 is 11.4 Å². The molecule has 0 aliphatic carbocycles. The maximum atomic E-state index is 12.4. The Hall–Kier alpha value is -0.530. The maximum absolute atomic E-state index is 12.4. The summed E-state index contributed by atoms with van der Waals surface area (Å²) in [5.41, 5.74) is -0.519. The number of carboxylic acids is 1. The Bertz CT molecular complexity index is 297. The van der Waals surface area contributed by atoms with E-state index in [9.17, 15) is 9.90 Å². The highest BCUT2D eigenvalue weighted by Crippen LogP contribution is 2.45. The fourth-order valence-corrected chi connectivity index (χ4v) is 4.24. The minimum absolute atomic E-state index is 0.275. The normalized spacial score (nSPS) is 16.5. The zero-order valence-corrected chi connectivity index (χ0v) is 17.2. The molecule has 2 nitrogen and oxygen atoms in total. The zero-order chi connectivity index (χ0) is 18.4. The van der Waals surface area contributed by atoms with E-state index in [1.165, 1.54) is 32.1 Å². The Balaban J connectivity index is 4.95. The van der Waals surface area contributed by atoms with Gasteiger partial charge in [-0.3, -0.25) is 4.79 Å². The number of hydrogen-bond donors (Lipinski definition) is 1. The lowest BCUT2D eigenvalue weighted by molar-refractivity contribution is -0.158. The van der Waals surface area contributed by atoms with Gasteiger partial charge in [0, 0.05) is 0 Å². The molecule has 144 valence electrons. The summed E-state index contributed by atoms with van der Waals surface area (Å²) < 4.78 is 0. The third-order valence-electron chi connectivity index (χ3n) is 6.08. The van der Waals surface area contributed by atoms with Crippen LogP contribution in [0, 0.1) is 17.3 Å². The summed E-state index contributed by atoms with van der Waals surface area (Å²) in [5.74, 6) is 0.0122. The van der Waals surface area contributed by atoms with Gasteiger partial charge in [0.15, 0.2) is 0 Å². The van der Waals surface area contributed by atoms with E-state index in [-0.39, 0.29) is 11.8 Å². The van der Waals surface area contributed by atoms with Crippen molar-refractivity contribution < 1.29 is 9.90 Å². The molecule has 0 spiro atoms. The summed E-state index contributed by atoms with van der Waals surface area (Å²) in [7, 11) is 0. The maximum Gasteiger partial charge on any atom is 0.310 e. The fourth-order valence-electron chi connectivity index (χ4n) is 4.24. The topological polar surface area (TPSA) is 37.3 Å². The molecule has 0 aliphatic rings. The highest BCUT2D eigenvalue weighted by molar-refractivity contribution is 5.75. The van der Waals surface area contributed by atoms with Gasteiger partial charge < -0.3 is 5.11 Å². The number of aliphatic carboxylic acids is 1. The van der Waals surface area contributed by atoms with Crippen LogP contribution in [-0.2, 0) is 4.79 Å². The molecule has 0 aromatic rings. The van der Waals surface area contributed by atoms with E-state index in [1.54, 1.807) is 0 Å². The molecule has 1 N–H and O–H groups in total. The van der Waals surface area contributed by atoms with Gasteiger partial charge in [-0.05, 0) is 31.1 Å². The fraction of sp³-hybridized carbons (Fsp3) is 0.955. The largest absolute Gasteiger partial charge is 0.481 e. The molecular formula is C22H44O2. The minimum Gasteiger partial charge on any atom is -0.481 e. The van der Waals surface area contributed by atoms with Gasteiger partial charge in [0.2, 0.25) is 0 Å². The van der Waals surface area contributed by atoms with Crippen LogP contribution < -0.4 is 0 Å². The Labute approximate surface area is 151 Å². The second-order valence-corrected chi connectivity index (χ2v) is 7.95. The van der Waals surface area contributed by atoms with Crippen molar-refractivity contribution in [3.63, 3.8) is 0 Å². The van der Waals surface area contributed by atoms with Crippen LogP contribution in [0.2, 0.25) is 0 Å². The third kappa shape index (κ3) is 7.57. The Morgan fingerprint density at radius 2 is 1.17 bits per heavy atom. The second-order valence-electron chi connectivity index (χ2n) is 7.95. The number of rotatable bonds is 16.